The highest BCUT2D eigenvalue weighted by Gasteiger charge is 2.28. The van der Waals surface area contributed by atoms with E-state index in [1.54, 1.807) is 30.2 Å². The Morgan fingerprint density at radius 2 is 2.10 bits per heavy atom. The number of carbonyl (C=O) groups excluding carboxylic acids is 1. The molecule has 0 atom stereocenters. The molecule has 0 bridgehead atoms. The number of carbonyl (C=O) groups is 1. The van der Waals surface area contributed by atoms with Crippen LogP contribution < -0.4 is 4.74 Å². The van der Waals surface area contributed by atoms with Gasteiger partial charge in [0.25, 0.3) is 5.91 Å². The third-order valence-corrected chi connectivity index (χ3v) is 7.45. The zero-order valence-corrected chi connectivity index (χ0v) is 18.9. The SMILES string of the molecule is COc1ccc2c(c1)CN(C(=O)c1oc3ccccc3c1CSc1nnc(C)s1)CC2. The monoisotopic (exact) mass is 451 g/mol. The van der Waals surface area contributed by atoms with Crippen LogP contribution >= 0.6 is 23.1 Å². The molecule has 0 fully saturated rings. The van der Waals surface area contributed by atoms with Crippen molar-refractivity contribution in [3.8, 4) is 5.75 Å². The molecule has 1 aliphatic rings. The van der Waals surface area contributed by atoms with Crippen LogP contribution in [0.4, 0.5) is 0 Å². The summed E-state index contributed by atoms with van der Waals surface area (Å²) in [5.74, 6) is 1.75. The number of hydrogen-bond donors (Lipinski definition) is 0. The van der Waals surface area contributed by atoms with E-state index in [0.717, 1.165) is 43.6 Å². The van der Waals surface area contributed by atoms with E-state index < -0.39 is 0 Å². The minimum absolute atomic E-state index is 0.0753. The lowest BCUT2D eigenvalue weighted by Gasteiger charge is -2.28. The number of furan rings is 1. The third-order valence-electron chi connectivity index (χ3n) is 5.45. The van der Waals surface area contributed by atoms with E-state index in [1.807, 2.05) is 48.2 Å². The van der Waals surface area contributed by atoms with Crippen molar-refractivity contribution in [3.63, 3.8) is 0 Å². The Balaban J connectivity index is 1.45. The minimum Gasteiger partial charge on any atom is -0.497 e. The first-order valence-corrected chi connectivity index (χ1v) is 11.8. The molecule has 0 saturated carbocycles. The molecule has 0 spiro atoms. The van der Waals surface area contributed by atoms with Crippen molar-refractivity contribution < 1.29 is 13.9 Å². The van der Waals surface area contributed by atoms with E-state index in [2.05, 4.69) is 16.3 Å². The topological polar surface area (TPSA) is 68.5 Å². The molecule has 2 aromatic carbocycles. The number of aryl methyl sites for hydroxylation is 1. The normalized spacial score (nSPS) is 13.4. The van der Waals surface area contributed by atoms with Crippen LogP contribution in [-0.4, -0.2) is 34.7 Å². The molecule has 1 aliphatic heterocycles. The average molecular weight is 452 g/mol. The number of ether oxygens (including phenoxy) is 1. The molecule has 2 aromatic heterocycles. The summed E-state index contributed by atoms with van der Waals surface area (Å²) >= 11 is 3.14. The van der Waals surface area contributed by atoms with E-state index in [1.165, 1.54) is 5.56 Å². The number of thioether (sulfide) groups is 1. The van der Waals surface area contributed by atoms with Crippen LogP contribution in [-0.2, 0) is 18.7 Å². The van der Waals surface area contributed by atoms with Crippen LogP contribution in [0.2, 0.25) is 0 Å². The van der Waals surface area contributed by atoms with Crippen LogP contribution in [0.3, 0.4) is 0 Å². The summed E-state index contributed by atoms with van der Waals surface area (Å²) in [4.78, 5) is 15.4. The summed E-state index contributed by atoms with van der Waals surface area (Å²) < 4.78 is 12.3. The van der Waals surface area contributed by atoms with Gasteiger partial charge >= 0.3 is 0 Å². The second-order valence-corrected chi connectivity index (χ2v) is 9.80. The lowest BCUT2D eigenvalue weighted by atomic mass is 9.99. The Hall–Kier alpha value is -2.84. The van der Waals surface area contributed by atoms with Gasteiger partial charge in [-0.2, -0.15) is 0 Å². The number of fused-ring (bicyclic) bond motifs is 2. The molecular formula is C23H21N3O3S2. The van der Waals surface area contributed by atoms with Crippen molar-refractivity contribution in [3.05, 3.63) is 69.9 Å². The zero-order chi connectivity index (χ0) is 21.4. The van der Waals surface area contributed by atoms with Gasteiger partial charge in [0.2, 0.25) is 0 Å². The molecule has 0 N–H and O–H groups in total. The maximum atomic E-state index is 13.5. The summed E-state index contributed by atoms with van der Waals surface area (Å²) in [6, 6.07) is 13.9. The number of benzene rings is 2. The molecular weight excluding hydrogens is 430 g/mol. The predicted octanol–water partition coefficient (Wildman–Crippen LogP) is 5.09. The highest BCUT2D eigenvalue weighted by molar-refractivity contribution is 8.00. The van der Waals surface area contributed by atoms with Crippen molar-refractivity contribution in [1.29, 1.82) is 0 Å². The molecule has 4 aromatic rings. The minimum atomic E-state index is -0.0753. The van der Waals surface area contributed by atoms with Crippen LogP contribution in [0.25, 0.3) is 11.0 Å². The van der Waals surface area contributed by atoms with Crippen molar-refractivity contribution in [1.82, 2.24) is 15.1 Å². The number of aromatic nitrogens is 2. The maximum absolute atomic E-state index is 13.5. The molecule has 3 heterocycles. The molecule has 158 valence electrons. The van der Waals surface area contributed by atoms with Crippen LogP contribution in [0.5, 0.6) is 5.75 Å². The Morgan fingerprint density at radius 3 is 2.90 bits per heavy atom. The maximum Gasteiger partial charge on any atom is 0.290 e. The van der Waals surface area contributed by atoms with Gasteiger partial charge in [-0.25, -0.2) is 0 Å². The molecule has 0 aliphatic carbocycles. The molecule has 1 amide bonds. The van der Waals surface area contributed by atoms with Gasteiger partial charge in [0.05, 0.1) is 7.11 Å². The lowest BCUT2D eigenvalue weighted by molar-refractivity contribution is 0.0703. The largest absolute Gasteiger partial charge is 0.497 e. The van der Waals surface area contributed by atoms with Crippen LogP contribution in [0.1, 0.15) is 32.3 Å². The molecule has 0 saturated heterocycles. The number of rotatable bonds is 5. The Morgan fingerprint density at radius 1 is 1.23 bits per heavy atom. The quantitative estimate of drug-likeness (QED) is 0.394. The van der Waals surface area contributed by atoms with E-state index >= 15 is 0 Å². The first-order chi connectivity index (χ1) is 15.1. The summed E-state index contributed by atoms with van der Waals surface area (Å²) in [5, 5.41) is 10.2. The van der Waals surface area contributed by atoms with Crippen molar-refractivity contribution in [2.75, 3.05) is 13.7 Å². The molecule has 6 nitrogen and oxygen atoms in total. The summed E-state index contributed by atoms with van der Waals surface area (Å²) in [5.41, 5.74) is 4.02. The fraction of sp³-hybridized carbons (Fsp3) is 0.261. The number of hydrogen-bond acceptors (Lipinski definition) is 7. The standard InChI is InChI=1S/C23H21N3O3S2/c1-14-24-25-23(31-14)30-13-19-18-5-3-4-6-20(18)29-21(19)22(27)26-10-9-15-7-8-17(28-2)11-16(15)12-26/h3-8,11H,9-10,12-13H2,1-2H3. The highest BCUT2D eigenvalue weighted by Crippen LogP contribution is 2.34. The molecule has 8 heteroatoms. The smallest absolute Gasteiger partial charge is 0.290 e. The first kappa shape index (κ1) is 20.1. The molecule has 0 unspecified atom stereocenters. The van der Waals surface area contributed by atoms with Gasteiger partial charge in [0.1, 0.15) is 16.3 Å². The Labute approximate surface area is 188 Å². The van der Waals surface area contributed by atoms with Crippen molar-refractivity contribution in [2.24, 2.45) is 0 Å². The predicted molar refractivity (Wildman–Crippen MR) is 122 cm³/mol. The first-order valence-electron chi connectivity index (χ1n) is 10.0. The average Bonchev–Trinajstić information content (AvgIpc) is 3.39. The fourth-order valence-electron chi connectivity index (χ4n) is 3.86. The van der Waals surface area contributed by atoms with Gasteiger partial charge in [-0.15, -0.1) is 10.2 Å². The Kier molecular flexibility index (Phi) is 5.41. The fourth-order valence-corrected chi connectivity index (χ4v) is 5.71. The van der Waals surface area contributed by atoms with Crippen LogP contribution in [0, 0.1) is 6.92 Å². The van der Waals surface area contributed by atoms with Gasteiger partial charge < -0.3 is 14.1 Å². The van der Waals surface area contributed by atoms with Crippen molar-refractivity contribution >= 4 is 40.0 Å². The zero-order valence-electron chi connectivity index (χ0n) is 17.3. The summed E-state index contributed by atoms with van der Waals surface area (Å²) in [6.45, 7) is 3.15. The van der Waals surface area contributed by atoms with E-state index in [0.29, 0.717) is 24.6 Å². The van der Waals surface area contributed by atoms with Gasteiger partial charge in [-0.05, 0) is 42.7 Å². The van der Waals surface area contributed by atoms with Crippen molar-refractivity contribution in [2.45, 2.75) is 30.0 Å². The van der Waals surface area contributed by atoms with Gasteiger partial charge in [0, 0.05) is 29.8 Å². The second-order valence-electron chi connectivity index (χ2n) is 7.39. The van der Waals surface area contributed by atoms with Gasteiger partial charge in [-0.1, -0.05) is 47.4 Å². The van der Waals surface area contributed by atoms with Gasteiger partial charge in [-0.3, -0.25) is 4.79 Å². The van der Waals surface area contributed by atoms with E-state index in [9.17, 15) is 4.79 Å². The summed E-state index contributed by atoms with van der Waals surface area (Å²) in [7, 11) is 1.66. The number of amides is 1. The number of methoxy groups -OCH3 is 1. The highest BCUT2D eigenvalue weighted by atomic mass is 32.2. The number of para-hydroxylation sites is 1. The lowest BCUT2D eigenvalue weighted by Crippen LogP contribution is -2.36. The van der Waals surface area contributed by atoms with E-state index in [4.69, 9.17) is 9.15 Å². The van der Waals surface area contributed by atoms with E-state index in [-0.39, 0.29) is 5.91 Å². The second kappa shape index (κ2) is 8.36. The molecule has 5 rings (SSSR count). The number of nitrogens with zero attached hydrogens (tertiary/aromatic N) is 3. The van der Waals surface area contributed by atoms with Crippen LogP contribution in [0.15, 0.2) is 51.2 Å². The van der Waals surface area contributed by atoms with Gasteiger partial charge in [0.15, 0.2) is 10.1 Å². The summed E-state index contributed by atoms with van der Waals surface area (Å²) in [6.07, 6.45) is 0.819. The Bertz CT molecular complexity index is 1260. The molecule has 0 radical (unpaired) electrons. The third kappa shape index (κ3) is 3.93. The molecule has 31 heavy (non-hydrogen) atoms.